The van der Waals surface area contributed by atoms with Crippen molar-refractivity contribution >= 4 is 43.2 Å². The lowest BCUT2D eigenvalue weighted by molar-refractivity contribution is 0.102. The minimum atomic E-state index is -3.62. The summed E-state index contributed by atoms with van der Waals surface area (Å²) >= 11 is 3.37. The highest BCUT2D eigenvalue weighted by atomic mass is 79.9. The van der Waals surface area contributed by atoms with Crippen LogP contribution in [-0.4, -0.2) is 45.8 Å². The number of nitrogens with one attached hydrogen (secondary N) is 1. The highest BCUT2D eigenvalue weighted by Gasteiger charge is 2.24. The van der Waals surface area contributed by atoms with Gasteiger partial charge in [-0.3, -0.25) is 4.79 Å². The lowest BCUT2D eigenvalue weighted by Gasteiger charge is -2.22. The first-order valence-electron chi connectivity index (χ1n) is 8.67. The van der Waals surface area contributed by atoms with Crippen molar-refractivity contribution in [3.8, 4) is 0 Å². The van der Waals surface area contributed by atoms with Crippen LogP contribution in [0.25, 0.3) is 0 Å². The van der Waals surface area contributed by atoms with Gasteiger partial charge >= 0.3 is 0 Å². The first-order chi connectivity index (χ1) is 12.8. The number of benzene rings is 2. The average Bonchev–Trinajstić information content (AvgIpc) is 3.17. The van der Waals surface area contributed by atoms with Gasteiger partial charge < -0.3 is 10.2 Å². The SMILES string of the molecule is CN(C)S(=O)(=O)c1ccc(N2CCCC2)c(C(=O)Nc2ccc(Br)cc2)c1. The van der Waals surface area contributed by atoms with Crippen molar-refractivity contribution in [3.63, 3.8) is 0 Å². The van der Waals surface area contributed by atoms with Crippen molar-refractivity contribution in [2.24, 2.45) is 0 Å². The lowest BCUT2D eigenvalue weighted by atomic mass is 10.1. The molecule has 1 aliphatic rings. The molecule has 2 aromatic rings. The Balaban J connectivity index is 2.00. The van der Waals surface area contributed by atoms with Gasteiger partial charge in [0, 0.05) is 43.0 Å². The topological polar surface area (TPSA) is 69.7 Å². The van der Waals surface area contributed by atoms with Crippen molar-refractivity contribution < 1.29 is 13.2 Å². The molecule has 0 spiro atoms. The van der Waals surface area contributed by atoms with Gasteiger partial charge in [0.2, 0.25) is 10.0 Å². The Morgan fingerprint density at radius 1 is 1.07 bits per heavy atom. The van der Waals surface area contributed by atoms with E-state index in [4.69, 9.17) is 0 Å². The molecule has 27 heavy (non-hydrogen) atoms. The minimum absolute atomic E-state index is 0.108. The molecule has 0 saturated carbocycles. The van der Waals surface area contributed by atoms with Crippen LogP contribution in [0.3, 0.4) is 0 Å². The molecule has 1 aliphatic heterocycles. The molecule has 1 heterocycles. The van der Waals surface area contributed by atoms with Gasteiger partial charge in [-0.15, -0.1) is 0 Å². The third kappa shape index (κ3) is 4.34. The van der Waals surface area contributed by atoms with E-state index in [0.717, 1.165) is 40.4 Å². The largest absolute Gasteiger partial charge is 0.371 e. The molecule has 144 valence electrons. The number of sulfonamides is 1. The van der Waals surface area contributed by atoms with Crippen LogP contribution in [-0.2, 0) is 10.0 Å². The summed E-state index contributed by atoms with van der Waals surface area (Å²) in [5.74, 6) is -0.324. The molecule has 0 aliphatic carbocycles. The number of anilines is 2. The Labute approximate surface area is 168 Å². The van der Waals surface area contributed by atoms with Crippen LogP contribution in [0.4, 0.5) is 11.4 Å². The molecule has 0 atom stereocenters. The highest BCUT2D eigenvalue weighted by molar-refractivity contribution is 9.10. The molecule has 2 aromatic carbocycles. The number of carbonyl (C=O) groups excluding carboxylic acids is 1. The summed E-state index contributed by atoms with van der Waals surface area (Å²) in [7, 11) is -0.668. The monoisotopic (exact) mass is 451 g/mol. The maximum atomic E-state index is 13.0. The fraction of sp³-hybridized carbons (Fsp3) is 0.316. The van der Waals surface area contributed by atoms with Gasteiger partial charge in [-0.25, -0.2) is 12.7 Å². The predicted octanol–water partition coefficient (Wildman–Crippen LogP) is 3.55. The molecular weight excluding hydrogens is 430 g/mol. The van der Waals surface area contributed by atoms with Crippen LogP contribution in [0.5, 0.6) is 0 Å². The van der Waals surface area contributed by atoms with Gasteiger partial charge in [0.05, 0.1) is 10.5 Å². The summed E-state index contributed by atoms with van der Waals surface area (Å²) in [6, 6.07) is 12.0. The number of hydrogen-bond acceptors (Lipinski definition) is 4. The first-order valence-corrected chi connectivity index (χ1v) is 10.9. The minimum Gasteiger partial charge on any atom is -0.371 e. The summed E-state index contributed by atoms with van der Waals surface area (Å²) in [6.45, 7) is 1.72. The number of halogens is 1. The Morgan fingerprint density at radius 2 is 1.70 bits per heavy atom. The van der Waals surface area contributed by atoms with Gasteiger partial charge in [-0.05, 0) is 55.3 Å². The molecule has 0 unspecified atom stereocenters. The summed E-state index contributed by atoms with van der Waals surface area (Å²) in [6.07, 6.45) is 2.12. The maximum Gasteiger partial charge on any atom is 0.257 e. The quantitative estimate of drug-likeness (QED) is 0.754. The normalized spacial score (nSPS) is 14.6. The van der Waals surface area contributed by atoms with Crippen LogP contribution in [0.15, 0.2) is 51.8 Å². The number of hydrogen-bond donors (Lipinski definition) is 1. The van der Waals surface area contributed by atoms with E-state index in [1.165, 1.54) is 20.2 Å². The zero-order chi connectivity index (χ0) is 19.6. The molecule has 0 radical (unpaired) electrons. The lowest BCUT2D eigenvalue weighted by Crippen LogP contribution is -2.25. The Morgan fingerprint density at radius 3 is 2.30 bits per heavy atom. The smallest absolute Gasteiger partial charge is 0.257 e. The van der Waals surface area contributed by atoms with E-state index in [9.17, 15) is 13.2 Å². The van der Waals surface area contributed by atoms with E-state index >= 15 is 0 Å². The molecule has 1 N–H and O–H groups in total. The fourth-order valence-corrected chi connectivity index (χ4v) is 4.23. The van der Waals surface area contributed by atoms with Gasteiger partial charge in [0.15, 0.2) is 0 Å². The van der Waals surface area contributed by atoms with Gasteiger partial charge in [0.1, 0.15) is 0 Å². The van der Waals surface area contributed by atoms with E-state index in [1.54, 1.807) is 24.3 Å². The number of rotatable bonds is 5. The van der Waals surface area contributed by atoms with Gasteiger partial charge in [-0.2, -0.15) is 0 Å². The first kappa shape index (κ1) is 19.9. The second-order valence-electron chi connectivity index (χ2n) is 6.62. The van der Waals surface area contributed by atoms with Gasteiger partial charge in [0.25, 0.3) is 5.91 Å². The van der Waals surface area contributed by atoms with E-state index < -0.39 is 10.0 Å². The number of amides is 1. The van der Waals surface area contributed by atoms with Crippen LogP contribution in [0.1, 0.15) is 23.2 Å². The average molecular weight is 452 g/mol. The van der Waals surface area contributed by atoms with Crippen molar-refractivity contribution in [3.05, 3.63) is 52.5 Å². The Kier molecular flexibility index (Phi) is 5.88. The van der Waals surface area contributed by atoms with Crippen molar-refractivity contribution in [1.82, 2.24) is 4.31 Å². The third-order valence-corrected chi connectivity index (χ3v) is 6.88. The zero-order valence-corrected chi connectivity index (χ0v) is 17.7. The van der Waals surface area contributed by atoms with Crippen LogP contribution < -0.4 is 10.2 Å². The van der Waals surface area contributed by atoms with Crippen molar-refractivity contribution in [1.29, 1.82) is 0 Å². The number of nitrogens with zero attached hydrogens (tertiary/aromatic N) is 2. The molecule has 0 aromatic heterocycles. The van der Waals surface area contributed by atoms with E-state index in [-0.39, 0.29) is 10.8 Å². The molecule has 1 fully saturated rings. The maximum absolute atomic E-state index is 13.0. The summed E-state index contributed by atoms with van der Waals surface area (Å²) < 4.78 is 27.1. The second-order valence-corrected chi connectivity index (χ2v) is 9.69. The summed E-state index contributed by atoms with van der Waals surface area (Å²) in [4.78, 5) is 15.2. The molecule has 6 nitrogen and oxygen atoms in total. The van der Waals surface area contributed by atoms with Gasteiger partial charge in [-0.1, -0.05) is 15.9 Å². The number of carbonyl (C=O) groups is 1. The zero-order valence-electron chi connectivity index (χ0n) is 15.3. The van der Waals surface area contributed by atoms with Crippen molar-refractivity contribution in [2.75, 3.05) is 37.4 Å². The van der Waals surface area contributed by atoms with E-state index in [2.05, 4.69) is 26.1 Å². The van der Waals surface area contributed by atoms with Crippen LogP contribution in [0, 0.1) is 0 Å². The summed E-state index contributed by atoms with van der Waals surface area (Å²) in [5.41, 5.74) is 1.78. The van der Waals surface area contributed by atoms with Crippen LogP contribution in [0.2, 0.25) is 0 Å². The molecule has 0 bridgehead atoms. The van der Waals surface area contributed by atoms with E-state index in [1.807, 2.05) is 12.1 Å². The molecular formula is C19H22BrN3O3S. The summed E-state index contributed by atoms with van der Waals surface area (Å²) in [5, 5.41) is 2.86. The highest BCUT2D eigenvalue weighted by Crippen LogP contribution is 2.29. The molecule has 8 heteroatoms. The Bertz CT molecular complexity index is 937. The van der Waals surface area contributed by atoms with E-state index in [0.29, 0.717) is 11.3 Å². The standard InChI is InChI=1S/C19H22BrN3O3S/c1-22(2)27(25,26)16-9-10-18(23-11-3-4-12-23)17(13-16)19(24)21-15-7-5-14(20)6-8-15/h5-10,13H,3-4,11-12H2,1-2H3,(H,21,24). The molecule has 1 saturated heterocycles. The Hall–Kier alpha value is -1.90. The molecule has 1 amide bonds. The predicted molar refractivity (Wildman–Crippen MR) is 111 cm³/mol. The third-order valence-electron chi connectivity index (χ3n) is 4.54. The molecule has 3 rings (SSSR count). The second kappa shape index (κ2) is 8.00. The fourth-order valence-electron chi connectivity index (χ4n) is 3.03. The van der Waals surface area contributed by atoms with Crippen molar-refractivity contribution in [2.45, 2.75) is 17.7 Å². The van der Waals surface area contributed by atoms with Crippen LogP contribution >= 0.6 is 15.9 Å².